The van der Waals surface area contributed by atoms with Gasteiger partial charge in [0.1, 0.15) is 0 Å². The number of unbranched alkanes of at least 4 members (excludes halogenated alkanes) is 2. The number of halogens is 1. The molecule has 0 aliphatic rings. The Hall–Kier alpha value is -1.68. The highest BCUT2D eigenvalue weighted by Crippen LogP contribution is 2.23. The summed E-state index contributed by atoms with van der Waals surface area (Å²) in [7, 11) is 0. The Balaban J connectivity index is 2.06. The molecule has 0 saturated carbocycles. The van der Waals surface area contributed by atoms with E-state index >= 15 is 0 Å². The third-order valence-corrected chi connectivity index (χ3v) is 2.88. The zero-order chi connectivity index (χ0) is 13.0. The third kappa shape index (κ3) is 2.76. The maximum Gasteiger partial charge on any atom is 0.198 e. The average Bonchev–Trinajstić information content (AvgIpc) is 2.80. The smallest absolute Gasteiger partial charge is 0.198 e. The van der Waals surface area contributed by atoms with Gasteiger partial charge in [-0.15, -0.1) is 0 Å². The minimum atomic E-state index is -0.435. The standard InChI is InChI=1S/C14H16FNO2/c15-11-6-4-5-10-9-13(18-14(10)11)12(17)7-2-1-3-8-16/h4-6,9H,1-3,7-8,16H2. The van der Waals surface area contributed by atoms with Crippen molar-refractivity contribution in [2.75, 3.05) is 6.54 Å². The fourth-order valence-corrected chi connectivity index (χ4v) is 1.89. The lowest BCUT2D eigenvalue weighted by molar-refractivity contribution is 0.0954. The highest BCUT2D eigenvalue weighted by Gasteiger charge is 2.13. The van der Waals surface area contributed by atoms with E-state index in [9.17, 15) is 9.18 Å². The van der Waals surface area contributed by atoms with E-state index < -0.39 is 5.82 Å². The van der Waals surface area contributed by atoms with Gasteiger partial charge in [-0.2, -0.15) is 0 Å². The van der Waals surface area contributed by atoms with Crippen LogP contribution in [0.15, 0.2) is 28.7 Å². The number of fused-ring (bicyclic) bond motifs is 1. The van der Waals surface area contributed by atoms with Crippen LogP contribution in [0.2, 0.25) is 0 Å². The van der Waals surface area contributed by atoms with E-state index in [1.807, 2.05) is 0 Å². The number of para-hydroxylation sites is 1. The summed E-state index contributed by atoms with van der Waals surface area (Å²) < 4.78 is 18.7. The van der Waals surface area contributed by atoms with E-state index in [1.54, 1.807) is 18.2 Å². The summed E-state index contributed by atoms with van der Waals surface area (Å²) in [6, 6.07) is 6.25. The second kappa shape index (κ2) is 5.78. The van der Waals surface area contributed by atoms with Crippen LogP contribution >= 0.6 is 0 Å². The minimum absolute atomic E-state index is 0.0809. The Labute approximate surface area is 105 Å². The molecule has 0 amide bonds. The molecule has 96 valence electrons. The molecule has 0 fully saturated rings. The Bertz CT molecular complexity index is 548. The molecule has 0 radical (unpaired) electrons. The maximum absolute atomic E-state index is 13.4. The summed E-state index contributed by atoms with van der Waals surface area (Å²) in [5.41, 5.74) is 5.53. The van der Waals surface area contributed by atoms with Crippen LogP contribution in [0.5, 0.6) is 0 Å². The average molecular weight is 249 g/mol. The molecule has 4 heteroatoms. The van der Waals surface area contributed by atoms with Crippen molar-refractivity contribution < 1.29 is 13.6 Å². The minimum Gasteiger partial charge on any atom is -0.450 e. The quantitative estimate of drug-likeness (QED) is 0.631. The molecule has 0 atom stereocenters. The highest BCUT2D eigenvalue weighted by atomic mass is 19.1. The number of ketones is 1. The van der Waals surface area contributed by atoms with Crippen LogP contribution in [0.1, 0.15) is 36.2 Å². The summed E-state index contributed by atoms with van der Waals surface area (Å²) in [6.07, 6.45) is 3.05. The number of hydrogen-bond donors (Lipinski definition) is 1. The van der Waals surface area contributed by atoms with Gasteiger partial charge >= 0.3 is 0 Å². The number of carbonyl (C=O) groups excluding carboxylic acids is 1. The van der Waals surface area contributed by atoms with Crippen molar-refractivity contribution in [2.24, 2.45) is 5.73 Å². The first kappa shape index (κ1) is 12.8. The van der Waals surface area contributed by atoms with Crippen LogP contribution < -0.4 is 5.73 Å². The van der Waals surface area contributed by atoms with Crippen LogP contribution in [0.3, 0.4) is 0 Å². The fourth-order valence-electron chi connectivity index (χ4n) is 1.89. The van der Waals surface area contributed by atoms with Gasteiger partial charge in [0.15, 0.2) is 22.9 Å². The lowest BCUT2D eigenvalue weighted by atomic mass is 10.1. The number of furan rings is 1. The van der Waals surface area contributed by atoms with Crippen molar-refractivity contribution in [3.8, 4) is 0 Å². The lowest BCUT2D eigenvalue weighted by Crippen LogP contribution is -2.00. The van der Waals surface area contributed by atoms with Gasteiger partial charge in [-0.05, 0) is 31.5 Å². The first-order valence-corrected chi connectivity index (χ1v) is 6.13. The van der Waals surface area contributed by atoms with Crippen molar-refractivity contribution in [1.29, 1.82) is 0 Å². The van der Waals surface area contributed by atoms with Gasteiger partial charge in [0.25, 0.3) is 0 Å². The van der Waals surface area contributed by atoms with Crippen molar-refractivity contribution in [3.63, 3.8) is 0 Å². The van der Waals surface area contributed by atoms with E-state index in [1.165, 1.54) is 6.07 Å². The van der Waals surface area contributed by atoms with Gasteiger partial charge in [-0.3, -0.25) is 4.79 Å². The third-order valence-electron chi connectivity index (χ3n) is 2.88. The van der Waals surface area contributed by atoms with E-state index in [4.69, 9.17) is 10.2 Å². The molecular weight excluding hydrogens is 233 g/mol. The predicted octanol–water partition coefficient (Wildman–Crippen LogP) is 3.27. The van der Waals surface area contributed by atoms with Gasteiger partial charge in [-0.25, -0.2) is 4.39 Å². The number of carbonyl (C=O) groups is 1. The molecule has 0 unspecified atom stereocenters. The van der Waals surface area contributed by atoms with E-state index in [0.717, 1.165) is 19.3 Å². The SMILES string of the molecule is NCCCCCC(=O)c1cc2cccc(F)c2o1. The van der Waals surface area contributed by atoms with Gasteiger partial charge < -0.3 is 10.2 Å². The van der Waals surface area contributed by atoms with Crippen molar-refractivity contribution in [1.82, 2.24) is 0 Å². The molecule has 0 aliphatic carbocycles. The number of benzene rings is 1. The van der Waals surface area contributed by atoms with Crippen LogP contribution in [-0.2, 0) is 0 Å². The van der Waals surface area contributed by atoms with E-state index in [2.05, 4.69) is 0 Å². The number of rotatable bonds is 6. The number of nitrogens with two attached hydrogens (primary N) is 1. The Kier molecular flexibility index (Phi) is 4.10. The predicted molar refractivity (Wildman–Crippen MR) is 68.0 cm³/mol. The Morgan fingerprint density at radius 2 is 2.11 bits per heavy atom. The van der Waals surface area contributed by atoms with Crippen LogP contribution in [0.25, 0.3) is 11.0 Å². The normalized spacial score (nSPS) is 11.0. The molecule has 1 aromatic carbocycles. The van der Waals surface area contributed by atoms with Gasteiger partial charge in [0.2, 0.25) is 0 Å². The van der Waals surface area contributed by atoms with Gasteiger partial charge in [-0.1, -0.05) is 18.6 Å². The molecule has 3 nitrogen and oxygen atoms in total. The van der Waals surface area contributed by atoms with Crippen molar-refractivity contribution >= 4 is 16.8 Å². The zero-order valence-corrected chi connectivity index (χ0v) is 10.1. The van der Waals surface area contributed by atoms with Crippen molar-refractivity contribution in [2.45, 2.75) is 25.7 Å². The monoisotopic (exact) mass is 249 g/mol. The molecule has 2 aromatic rings. The van der Waals surface area contributed by atoms with Crippen LogP contribution in [0.4, 0.5) is 4.39 Å². The zero-order valence-electron chi connectivity index (χ0n) is 10.1. The first-order valence-electron chi connectivity index (χ1n) is 6.13. The van der Waals surface area contributed by atoms with Gasteiger partial charge in [0.05, 0.1) is 0 Å². The molecule has 0 aliphatic heterocycles. The molecule has 0 spiro atoms. The first-order chi connectivity index (χ1) is 8.72. The summed E-state index contributed by atoms with van der Waals surface area (Å²) in [5.74, 6) is -0.278. The highest BCUT2D eigenvalue weighted by molar-refractivity contribution is 5.97. The largest absolute Gasteiger partial charge is 0.450 e. The number of Topliss-reactive ketones (excluding diaryl/α,β-unsaturated/α-hetero) is 1. The molecular formula is C14H16FNO2. The molecule has 1 aromatic heterocycles. The van der Waals surface area contributed by atoms with E-state index in [-0.39, 0.29) is 17.1 Å². The number of hydrogen-bond acceptors (Lipinski definition) is 3. The second-order valence-corrected chi connectivity index (χ2v) is 4.29. The fraction of sp³-hybridized carbons (Fsp3) is 0.357. The molecule has 1 heterocycles. The molecule has 0 saturated heterocycles. The molecule has 0 bridgehead atoms. The van der Waals surface area contributed by atoms with Crippen LogP contribution in [0, 0.1) is 5.82 Å². The Morgan fingerprint density at radius 3 is 2.83 bits per heavy atom. The molecule has 18 heavy (non-hydrogen) atoms. The van der Waals surface area contributed by atoms with Crippen LogP contribution in [-0.4, -0.2) is 12.3 Å². The molecule has 2 rings (SSSR count). The maximum atomic E-state index is 13.4. The summed E-state index contributed by atoms with van der Waals surface area (Å²) >= 11 is 0. The van der Waals surface area contributed by atoms with Gasteiger partial charge in [0, 0.05) is 11.8 Å². The Morgan fingerprint density at radius 1 is 1.28 bits per heavy atom. The summed E-state index contributed by atoms with van der Waals surface area (Å²) in [5, 5.41) is 0.625. The summed E-state index contributed by atoms with van der Waals surface area (Å²) in [4.78, 5) is 11.8. The lowest BCUT2D eigenvalue weighted by Gasteiger charge is -1.97. The van der Waals surface area contributed by atoms with Crippen molar-refractivity contribution in [3.05, 3.63) is 35.8 Å². The second-order valence-electron chi connectivity index (χ2n) is 4.29. The summed E-state index contributed by atoms with van der Waals surface area (Å²) in [6.45, 7) is 0.643. The molecule has 2 N–H and O–H groups in total. The van der Waals surface area contributed by atoms with E-state index in [0.29, 0.717) is 18.4 Å². The topological polar surface area (TPSA) is 56.2 Å².